The van der Waals surface area contributed by atoms with Crippen molar-refractivity contribution in [2.24, 2.45) is 5.92 Å². The van der Waals surface area contributed by atoms with Gasteiger partial charge in [0.1, 0.15) is 5.75 Å². The molecule has 254 valence electrons. The highest BCUT2D eigenvalue weighted by Gasteiger charge is 2.66. The first-order valence-corrected chi connectivity index (χ1v) is 20.0. The van der Waals surface area contributed by atoms with Gasteiger partial charge in [-0.05, 0) is 60.7 Å². The molecule has 1 N–H and O–H groups in total. The number of non-ortho nitro benzene ring substituents is 1. The van der Waals surface area contributed by atoms with E-state index in [0.717, 1.165) is 42.7 Å². The summed E-state index contributed by atoms with van der Waals surface area (Å²) in [6.07, 6.45) is 4.53. The Morgan fingerprint density at radius 3 is 2.40 bits per heavy atom. The van der Waals surface area contributed by atoms with E-state index >= 15 is 0 Å². The molecular formula is C37H45N3O7Si. The minimum Gasteiger partial charge on any atom is -0.497 e. The molecule has 2 fully saturated rings. The summed E-state index contributed by atoms with van der Waals surface area (Å²) in [4.78, 5) is 42.8. The number of methoxy groups -OCH3 is 1. The number of rotatable bonds is 9. The Morgan fingerprint density at radius 1 is 1.02 bits per heavy atom. The second kappa shape index (κ2) is 13.4. The van der Waals surface area contributed by atoms with E-state index in [1.54, 1.807) is 18.1 Å². The summed E-state index contributed by atoms with van der Waals surface area (Å²) in [5.41, 5.74) is 1.18. The first-order valence-electron chi connectivity index (χ1n) is 17.0. The van der Waals surface area contributed by atoms with Crippen LogP contribution in [0.3, 0.4) is 0 Å². The van der Waals surface area contributed by atoms with Crippen molar-refractivity contribution in [3.05, 3.63) is 88.0 Å². The molecule has 11 heteroatoms. The minimum absolute atomic E-state index is 0.0799. The zero-order chi connectivity index (χ0) is 34.2. The molecule has 0 aromatic heterocycles. The summed E-state index contributed by atoms with van der Waals surface area (Å²) in [5.74, 6) is 0.303. The number of nitro groups is 1. The average molecular weight is 672 g/mol. The van der Waals surface area contributed by atoms with Crippen LogP contribution in [0.15, 0.2) is 66.7 Å². The fourth-order valence-electron chi connectivity index (χ4n) is 8.37. The van der Waals surface area contributed by atoms with Gasteiger partial charge in [-0.3, -0.25) is 19.7 Å². The fourth-order valence-corrected chi connectivity index (χ4v) is 12.4. The number of nitro benzene ring substituents is 1. The highest BCUT2D eigenvalue weighted by atomic mass is 28.3. The predicted octanol–water partition coefficient (Wildman–Crippen LogP) is 6.05. The highest BCUT2D eigenvalue weighted by Crippen LogP contribution is 2.60. The van der Waals surface area contributed by atoms with Gasteiger partial charge < -0.3 is 24.4 Å². The van der Waals surface area contributed by atoms with E-state index in [1.165, 1.54) is 17.3 Å². The van der Waals surface area contributed by atoms with Gasteiger partial charge in [0.25, 0.3) is 11.6 Å². The molecule has 0 saturated carbocycles. The summed E-state index contributed by atoms with van der Waals surface area (Å²) in [7, 11) is -0.755. The number of anilines is 2. The van der Waals surface area contributed by atoms with Gasteiger partial charge in [0.05, 0.1) is 38.4 Å². The lowest BCUT2D eigenvalue weighted by Gasteiger charge is -2.37. The van der Waals surface area contributed by atoms with Gasteiger partial charge in [-0.1, -0.05) is 62.3 Å². The standard InChI is InChI=1S/C37H45N3O7Si/c1-25-35(48(3,4)30-17-15-29(46-2)16-18-30)33(20-22-41)47-37(25)31-23-28(40(44)45)14-19-32(31)39(36(37)43)24-26-10-12-27(13-11-26)38-21-8-6-5-7-9-34(38)42/h10-19,23,25,33,35,41H,5-9,20-22,24H2,1-4H3/t25-,33+,35-,37+/m1/s1. The van der Waals surface area contributed by atoms with Gasteiger partial charge in [0.15, 0.2) is 5.60 Å². The number of hydrogen-bond acceptors (Lipinski definition) is 7. The third-order valence-electron chi connectivity index (χ3n) is 10.9. The number of benzene rings is 3. The lowest BCUT2D eigenvalue weighted by Crippen LogP contribution is -2.51. The van der Waals surface area contributed by atoms with Crippen LogP contribution in [0.1, 0.15) is 56.6 Å². The van der Waals surface area contributed by atoms with Crippen LogP contribution >= 0.6 is 0 Å². The highest BCUT2D eigenvalue weighted by molar-refractivity contribution is 6.91. The quantitative estimate of drug-likeness (QED) is 0.167. The van der Waals surface area contributed by atoms with Crippen molar-refractivity contribution in [2.75, 3.05) is 30.1 Å². The van der Waals surface area contributed by atoms with Crippen molar-refractivity contribution < 1.29 is 29.1 Å². The number of amides is 2. The van der Waals surface area contributed by atoms with Gasteiger partial charge in [-0.15, -0.1) is 0 Å². The maximum Gasteiger partial charge on any atom is 0.269 e. The van der Waals surface area contributed by atoms with E-state index in [-0.39, 0.29) is 42.1 Å². The van der Waals surface area contributed by atoms with Crippen LogP contribution in [-0.4, -0.2) is 56.3 Å². The Labute approximate surface area is 282 Å². The van der Waals surface area contributed by atoms with Gasteiger partial charge in [0, 0.05) is 48.9 Å². The molecule has 0 unspecified atom stereocenters. The Bertz CT molecular complexity index is 1680. The molecule has 2 saturated heterocycles. The molecule has 3 aromatic carbocycles. The van der Waals surface area contributed by atoms with Crippen molar-refractivity contribution in [1.29, 1.82) is 0 Å². The van der Waals surface area contributed by atoms with E-state index in [2.05, 4.69) is 25.2 Å². The van der Waals surface area contributed by atoms with E-state index < -0.39 is 24.7 Å². The van der Waals surface area contributed by atoms with Crippen LogP contribution in [0.5, 0.6) is 5.75 Å². The number of aliphatic hydroxyl groups is 1. The Hall–Kier alpha value is -4.06. The smallest absolute Gasteiger partial charge is 0.269 e. The summed E-state index contributed by atoms with van der Waals surface area (Å²) in [5, 5.41) is 23.3. The molecule has 3 aliphatic rings. The summed E-state index contributed by atoms with van der Waals surface area (Å²) in [6, 6.07) is 20.4. The van der Waals surface area contributed by atoms with Crippen molar-refractivity contribution in [2.45, 2.75) is 82.3 Å². The van der Waals surface area contributed by atoms with Gasteiger partial charge in [-0.25, -0.2) is 0 Å². The monoisotopic (exact) mass is 671 g/mol. The molecule has 10 nitrogen and oxygen atoms in total. The fraction of sp³-hybridized carbons (Fsp3) is 0.459. The molecule has 48 heavy (non-hydrogen) atoms. The predicted molar refractivity (Wildman–Crippen MR) is 187 cm³/mol. The molecule has 0 aliphatic carbocycles. The number of fused-ring (bicyclic) bond motifs is 2. The van der Waals surface area contributed by atoms with Crippen LogP contribution in [0.25, 0.3) is 0 Å². The third-order valence-corrected chi connectivity index (χ3v) is 15.2. The van der Waals surface area contributed by atoms with Gasteiger partial charge in [0.2, 0.25) is 5.91 Å². The van der Waals surface area contributed by atoms with Gasteiger partial charge in [-0.2, -0.15) is 0 Å². The zero-order valence-electron chi connectivity index (χ0n) is 28.2. The molecule has 3 aliphatic heterocycles. The normalized spacial score (nSPS) is 24.5. The van der Waals surface area contributed by atoms with Crippen molar-refractivity contribution in [3.63, 3.8) is 0 Å². The Balaban J connectivity index is 1.37. The van der Waals surface area contributed by atoms with Crippen molar-refractivity contribution >= 4 is 42.1 Å². The molecular weight excluding hydrogens is 627 g/mol. The van der Waals surface area contributed by atoms with Crippen LogP contribution in [-0.2, 0) is 26.5 Å². The van der Waals surface area contributed by atoms with E-state index in [9.17, 15) is 24.8 Å². The largest absolute Gasteiger partial charge is 0.497 e. The Kier molecular flexibility index (Phi) is 9.48. The third kappa shape index (κ3) is 5.81. The topological polar surface area (TPSA) is 122 Å². The summed E-state index contributed by atoms with van der Waals surface area (Å²) >= 11 is 0. The first kappa shape index (κ1) is 33.8. The van der Waals surface area contributed by atoms with Crippen LogP contribution in [0.4, 0.5) is 17.1 Å². The maximum absolute atomic E-state index is 14.9. The number of hydrogen-bond donors (Lipinski definition) is 1. The van der Waals surface area contributed by atoms with Crippen molar-refractivity contribution in [1.82, 2.24) is 0 Å². The molecule has 0 radical (unpaired) electrons. The van der Waals surface area contributed by atoms with Gasteiger partial charge >= 0.3 is 0 Å². The maximum atomic E-state index is 14.9. The van der Waals surface area contributed by atoms with Crippen molar-refractivity contribution in [3.8, 4) is 5.75 Å². The van der Waals surface area contributed by atoms with E-state index in [4.69, 9.17) is 9.47 Å². The molecule has 3 heterocycles. The SMILES string of the molecule is COc1ccc([Si](C)(C)[C@H]2[C@H](CCO)O[C@@]3(C(=O)N(Cc4ccc(N5CCCCCCC5=O)cc4)c4ccc([N+](=O)[O-])cc43)[C@@H]2C)cc1. The van der Waals surface area contributed by atoms with E-state index in [1.807, 2.05) is 48.2 Å². The number of carbonyl (C=O) groups excluding carboxylic acids is 2. The first-order chi connectivity index (χ1) is 23.0. The summed E-state index contributed by atoms with van der Waals surface area (Å²) < 4.78 is 12.3. The van der Waals surface area contributed by atoms with Crippen LogP contribution in [0, 0.1) is 16.0 Å². The second-order valence-electron chi connectivity index (χ2n) is 13.9. The number of carbonyl (C=O) groups is 2. The zero-order valence-corrected chi connectivity index (χ0v) is 29.2. The number of aliphatic hydroxyl groups excluding tert-OH is 1. The average Bonchev–Trinajstić information content (AvgIpc) is 3.49. The van der Waals surface area contributed by atoms with E-state index in [0.29, 0.717) is 30.6 Å². The lowest BCUT2D eigenvalue weighted by atomic mass is 9.82. The molecule has 6 rings (SSSR count). The summed E-state index contributed by atoms with van der Waals surface area (Å²) in [6.45, 7) is 7.37. The molecule has 1 spiro atoms. The lowest BCUT2D eigenvalue weighted by molar-refractivity contribution is -0.385. The van der Waals surface area contributed by atoms with Crippen LogP contribution < -0.4 is 19.7 Å². The van der Waals surface area contributed by atoms with Crippen LogP contribution in [0.2, 0.25) is 18.6 Å². The molecule has 3 aromatic rings. The molecule has 4 atom stereocenters. The molecule has 0 bridgehead atoms. The minimum atomic E-state index is -2.39. The second-order valence-corrected chi connectivity index (χ2v) is 18.6. The number of ether oxygens (including phenoxy) is 2. The molecule has 2 amide bonds. The number of nitrogens with zero attached hydrogens (tertiary/aromatic N) is 3. The Morgan fingerprint density at radius 2 is 1.73 bits per heavy atom.